The smallest absolute Gasteiger partial charge is 0.0558 e. The molecule has 92 valence electrons. The maximum Gasteiger partial charge on any atom is 0.0558 e. The van der Waals surface area contributed by atoms with E-state index in [4.69, 9.17) is 4.74 Å². The van der Waals surface area contributed by atoms with Gasteiger partial charge in [0.05, 0.1) is 12.3 Å². The molecule has 0 saturated heterocycles. The number of nitrogens with one attached hydrogen (secondary N) is 1. The minimum absolute atomic E-state index is 0.311. The standard InChI is InChI=1S/C12H23N3O/c1-10(16-4)7-12(13-2)6-5-11-8-14-15(3)9-11/h8-10,12-13H,5-7H2,1-4H3. The molecular weight excluding hydrogens is 202 g/mol. The number of rotatable bonds is 7. The van der Waals surface area contributed by atoms with E-state index in [0.717, 1.165) is 19.3 Å². The summed E-state index contributed by atoms with van der Waals surface area (Å²) in [5.74, 6) is 0. The molecule has 1 aromatic rings. The third-order valence-electron chi connectivity index (χ3n) is 2.97. The number of hydrogen-bond acceptors (Lipinski definition) is 3. The maximum absolute atomic E-state index is 5.28. The van der Waals surface area contributed by atoms with Crippen molar-refractivity contribution in [1.29, 1.82) is 0 Å². The van der Waals surface area contributed by atoms with E-state index in [9.17, 15) is 0 Å². The van der Waals surface area contributed by atoms with Gasteiger partial charge in [0.2, 0.25) is 0 Å². The van der Waals surface area contributed by atoms with Gasteiger partial charge in [0.1, 0.15) is 0 Å². The highest BCUT2D eigenvalue weighted by molar-refractivity contribution is 5.03. The normalized spacial score (nSPS) is 15.0. The average Bonchev–Trinajstić information content (AvgIpc) is 2.69. The fourth-order valence-electron chi connectivity index (χ4n) is 1.82. The van der Waals surface area contributed by atoms with Crippen molar-refractivity contribution >= 4 is 0 Å². The molecule has 0 aliphatic heterocycles. The van der Waals surface area contributed by atoms with Gasteiger partial charge in [-0.1, -0.05) is 0 Å². The van der Waals surface area contributed by atoms with Crippen molar-refractivity contribution in [3.63, 3.8) is 0 Å². The molecule has 1 rings (SSSR count). The fraction of sp³-hybridized carbons (Fsp3) is 0.750. The largest absolute Gasteiger partial charge is 0.382 e. The summed E-state index contributed by atoms with van der Waals surface area (Å²) < 4.78 is 7.13. The highest BCUT2D eigenvalue weighted by Gasteiger charge is 2.11. The lowest BCUT2D eigenvalue weighted by Crippen LogP contribution is -2.30. The van der Waals surface area contributed by atoms with Crippen molar-refractivity contribution in [2.75, 3.05) is 14.2 Å². The Bertz CT molecular complexity index is 298. The number of ether oxygens (including phenoxy) is 1. The van der Waals surface area contributed by atoms with Crippen LogP contribution in [0.1, 0.15) is 25.3 Å². The van der Waals surface area contributed by atoms with Crippen molar-refractivity contribution in [2.24, 2.45) is 7.05 Å². The number of hydrogen-bond donors (Lipinski definition) is 1. The molecular formula is C12H23N3O. The maximum atomic E-state index is 5.28. The van der Waals surface area contributed by atoms with Crippen LogP contribution in [0.25, 0.3) is 0 Å². The van der Waals surface area contributed by atoms with Crippen molar-refractivity contribution in [1.82, 2.24) is 15.1 Å². The van der Waals surface area contributed by atoms with E-state index in [0.29, 0.717) is 12.1 Å². The Balaban J connectivity index is 2.33. The van der Waals surface area contributed by atoms with Gasteiger partial charge in [-0.25, -0.2) is 0 Å². The van der Waals surface area contributed by atoms with E-state index in [1.165, 1.54) is 5.56 Å². The van der Waals surface area contributed by atoms with E-state index in [1.807, 2.05) is 25.0 Å². The van der Waals surface area contributed by atoms with Crippen molar-refractivity contribution < 1.29 is 4.74 Å². The lowest BCUT2D eigenvalue weighted by molar-refractivity contribution is 0.100. The Morgan fingerprint density at radius 1 is 1.56 bits per heavy atom. The average molecular weight is 225 g/mol. The molecule has 0 aromatic carbocycles. The summed E-state index contributed by atoms with van der Waals surface area (Å²) in [5.41, 5.74) is 1.30. The van der Waals surface area contributed by atoms with Gasteiger partial charge in [-0.3, -0.25) is 4.68 Å². The van der Waals surface area contributed by atoms with Crippen LogP contribution in [0.4, 0.5) is 0 Å². The zero-order valence-electron chi connectivity index (χ0n) is 10.7. The fourth-order valence-corrected chi connectivity index (χ4v) is 1.82. The van der Waals surface area contributed by atoms with Gasteiger partial charge in [-0.2, -0.15) is 5.10 Å². The van der Waals surface area contributed by atoms with Crippen LogP contribution in [0.2, 0.25) is 0 Å². The molecule has 0 spiro atoms. The zero-order chi connectivity index (χ0) is 12.0. The highest BCUT2D eigenvalue weighted by atomic mass is 16.5. The SMILES string of the molecule is CNC(CCc1cnn(C)c1)CC(C)OC. The topological polar surface area (TPSA) is 39.1 Å². The Labute approximate surface area is 98.0 Å². The van der Waals surface area contributed by atoms with Crippen LogP contribution in [0.3, 0.4) is 0 Å². The summed E-state index contributed by atoms with van der Waals surface area (Å²) in [4.78, 5) is 0. The predicted octanol–water partition coefficient (Wildman–Crippen LogP) is 1.37. The van der Waals surface area contributed by atoms with Gasteiger partial charge in [0, 0.05) is 26.4 Å². The summed E-state index contributed by atoms with van der Waals surface area (Å²) in [7, 11) is 5.72. The van der Waals surface area contributed by atoms with Gasteiger partial charge in [0.25, 0.3) is 0 Å². The van der Waals surface area contributed by atoms with E-state index < -0.39 is 0 Å². The summed E-state index contributed by atoms with van der Waals surface area (Å²) >= 11 is 0. The van der Waals surface area contributed by atoms with Crippen LogP contribution in [0.5, 0.6) is 0 Å². The molecule has 0 amide bonds. The molecule has 2 atom stereocenters. The Morgan fingerprint density at radius 3 is 2.81 bits per heavy atom. The Kier molecular flexibility index (Phi) is 5.49. The second-order valence-electron chi connectivity index (χ2n) is 4.33. The molecule has 16 heavy (non-hydrogen) atoms. The molecule has 4 heteroatoms. The van der Waals surface area contributed by atoms with Crippen LogP contribution in [-0.2, 0) is 18.2 Å². The number of nitrogens with zero attached hydrogens (tertiary/aromatic N) is 2. The molecule has 0 aliphatic rings. The monoisotopic (exact) mass is 225 g/mol. The summed E-state index contributed by atoms with van der Waals surface area (Å²) in [5, 5.41) is 7.51. The van der Waals surface area contributed by atoms with Gasteiger partial charge < -0.3 is 10.1 Å². The van der Waals surface area contributed by atoms with E-state index in [2.05, 4.69) is 23.5 Å². The first-order valence-corrected chi connectivity index (χ1v) is 5.83. The molecule has 0 fully saturated rings. The van der Waals surface area contributed by atoms with Crippen molar-refractivity contribution in [2.45, 2.75) is 38.3 Å². The third-order valence-corrected chi connectivity index (χ3v) is 2.97. The van der Waals surface area contributed by atoms with E-state index in [1.54, 1.807) is 7.11 Å². The number of aryl methyl sites for hydroxylation is 2. The first-order valence-electron chi connectivity index (χ1n) is 5.83. The second kappa shape index (κ2) is 6.66. The number of methoxy groups -OCH3 is 1. The minimum Gasteiger partial charge on any atom is -0.382 e. The van der Waals surface area contributed by atoms with Crippen LogP contribution in [-0.4, -0.2) is 36.1 Å². The van der Waals surface area contributed by atoms with Crippen molar-refractivity contribution in [3.8, 4) is 0 Å². The molecule has 1 heterocycles. The van der Waals surface area contributed by atoms with E-state index >= 15 is 0 Å². The van der Waals surface area contributed by atoms with Gasteiger partial charge in [0.15, 0.2) is 0 Å². The van der Waals surface area contributed by atoms with Crippen LogP contribution in [0, 0.1) is 0 Å². The molecule has 1 aromatic heterocycles. The van der Waals surface area contributed by atoms with Crippen LogP contribution in [0.15, 0.2) is 12.4 Å². The Morgan fingerprint density at radius 2 is 2.31 bits per heavy atom. The second-order valence-corrected chi connectivity index (χ2v) is 4.33. The molecule has 2 unspecified atom stereocenters. The quantitative estimate of drug-likeness (QED) is 0.761. The predicted molar refractivity (Wildman–Crippen MR) is 65.5 cm³/mol. The van der Waals surface area contributed by atoms with Crippen LogP contribution >= 0.6 is 0 Å². The van der Waals surface area contributed by atoms with Crippen LogP contribution < -0.4 is 5.32 Å². The summed E-state index contributed by atoms with van der Waals surface area (Å²) in [6, 6.07) is 0.509. The first kappa shape index (κ1) is 13.2. The summed E-state index contributed by atoms with van der Waals surface area (Å²) in [6.45, 7) is 2.11. The number of aromatic nitrogens is 2. The van der Waals surface area contributed by atoms with Gasteiger partial charge in [-0.05, 0) is 38.8 Å². The van der Waals surface area contributed by atoms with Gasteiger partial charge >= 0.3 is 0 Å². The molecule has 0 bridgehead atoms. The molecule has 4 nitrogen and oxygen atoms in total. The third kappa shape index (κ3) is 4.33. The molecule has 1 N–H and O–H groups in total. The molecule has 0 saturated carbocycles. The highest BCUT2D eigenvalue weighted by Crippen LogP contribution is 2.09. The minimum atomic E-state index is 0.311. The zero-order valence-corrected chi connectivity index (χ0v) is 10.7. The Hall–Kier alpha value is -0.870. The summed E-state index contributed by atoms with van der Waals surface area (Å²) in [6.07, 6.45) is 7.56. The van der Waals surface area contributed by atoms with Crippen molar-refractivity contribution in [3.05, 3.63) is 18.0 Å². The molecule has 0 aliphatic carbocycles. The lowest BCUT2D eigenvalue weighted by atomic mass is 10.0. The molecule has 0 radical (unpaired) electrons. The first-order chi connectivity index (χ1) is 7.65. The van der Waals surface area contributed by atoms with E-state index in [-0.39, 0.29) is 0 Å². The van der Waals surface area contributed by atoms with Gasteiger partial charge in [-0.15, -0.1) is 0 Å². The lowest BCUT2D eigenvalue weighted by Gasteiger charge is -2.19.